The summed E-state index contributed by atoms with van der Waals surface area (Å²) in [6.07, 6.45) is 6.33. The normalized spacial score (nSPS) is 23.5. The summed E-state index contributed by atoms with van der Waals surface area (Å²) in [5.41, 5.74) is 4.58. The number of fused-ring (bicyclic) bond motifs is 4. The van der Waals surface area contributed by atoms with Crippen LogP contribution >= 0.6 is 0 Å². The molecule has 4 aromatic rings. The Morgan fingerprint density at radius 2 is 1.84 bits per heavy atom. The first-order valence-corrected chi connectivity index (χ1v) is 10.9. The number of likely N-dealkylation sites (tertiary alicyclic amines) is 1. The van der Waals surface area contributed by atoms with Crippen molar-refractivity contribution < 1.29 is 0 Å². The second kappa shape index (κ2) is 7.16. The van der Waals surface area contributed by atoms with Crippen molar-refractivity contribution >= 4 is 28.3 Å². The van der Waals surface area contributed by atoms with Gasteiger partial charge >= 0.3 is 0 Å². The minimum Gasteiger partial charge on any atom is -0.371 e. The Kier molecular flexibility index (Phi) is 4.27. The van der Waals surface area contributed by atoms with Crippen LogP contribution in [0.2, 0.25) is 0 Å². The minimum atomic E-state index is 0.447. The number of nitrogens with one attached hydrogen (secondary N) is 2. The quantitative estimate of drug-likeness (QED) is 0.531. The van der Waals surface area contributed by atoms with Gasteiger partial charge in [0.25, 0.3) is 0 Å². The number of anilines is 2. The first-order chi connectivity index (χ1) is 15.2. The van der Waals surface area contributed by atoms with Gasteiger partial charge in [0.05, 0.1) is 16.7 Å². The van der Waals surface area contributed by atoms with Crippen molar-refractivity contribution in [2.45, 2.75) is 18.9 Å². The lowest BCUT2D eigenvalue weighted by molar-refractivity contribution is 0.186. The summed E-state index contributed by atoms with van der Waals surface area (Å²) in [6, 6.07) is 10.4. The maximum absolute atomic E-state index is 4.84. The van der Waals surface area contributed by atoms with Gasteiger partial charge in [-0.05, 0) is 62.1 Å². The summed E-state index contributed by atoms with van der Waals surface area (Å²) < 4.78 is 1.91. The van der Waals surface area contributed by atoms with Crippen molar-refractivity contribution in [3.05, 3.63) is 42.7 Å². The maximum atomic E-state index is 4.84. The molecule has 0 radical (unpaired) electrons. The molecule has 8 nitrogen and oxygen atoms in total. The third kappa shape index (κ3) is 3.09. The molecule has 2 N–H and O–H groups in total. The van der Waals surface area contributed by atoms with Gasteiger partial charge in [0.1, 0.15) is 5.52 Å². The highest BCUT2D eigenvalue weighted by molar-refractivity contribution is 5.89. The van der Waals surface area contributed by atoms with Crippen LogP contribution in [0.25, 0.3) is 27.8 Å². The molecule has 2 fully saturated rings. The molecule has 2 bridgehead atoms. The van der Waals surface area contributed by atoms with E-state index in [0.29, 0.717) is 23.8 Å². The zero-order valence-corrected chi connectivity index (χ0v) is 17.8. The number of hydrogen-bond donors (Lipinski definition) is 2. The highest BCUT2D eigenvalue weighted by atomic mass is 15.3. The number of hydrogen-bond acceptors (Lipinski definition) is 7. The first-order valence-electron chi connectivity index (χ1n) is 10.9. The van der Waals surface area contributed by atoms with Crippen LogP contribution in [0.5, 0.6) is 0 Å². The molecule has 158 valence electrons. The molecule has 1 aliphatic heterocycles. The molecule has 1 saturated heterocycles. The third-order valence-corrected chi connectivity index (χ3v) is 6.79. The van der Waals surface area contributed by atoms with Crippen LogP contribution in [0.15, 0.2) is 42.7 Å². The zero-order chi connectivity index (χ0) is 20.9. The van der Waals surface area contributed by atoms with Crippen LogP contribution in [-0.2, 0) is 0 Å². The van der Waals surface area contributed by atoms with Gasteiger partial charge in [-0.2, -0.15) is 4.98 Å². The SMILES string of the molecule is CNc1nc(NC2C3CCC2CN(C)C3)nn2ccc(-c3ccc4ncccc4n3)c12. The van der Waals surface area contributed by atoms with Gasteiger partial charge in [0.2, 0.25) is 5.95 Å². The summed E-state index contributed by atoms with van der Waals surface area (Å²) >= 11 is 0. The molecule has 0 spiro atoms. The Morgan fingerprint density at radius 1 is 1.00 bits per heavy atom. The molecule has 8 heteroatoms. The van der Waals surface area contributed by atoms with Crippen LogP contribution in [0.4, 0.5) is 11.8 Å². The standard InChI is InChI=1S/C23H26N8/c1-24-22-21-16(17-7-8-18-19(26-17)4-3-10-25-18)9-11-31(21)29-23(28-22)27-20-14-5-6-15(20)13-30(2)12-14/h3-4,7-11,14-15,20H,5-6,12-13H2,1-2H3,(H2,24,27,28,29). The van der Waals surface area contributed by atoms with Gasteiger partial charge in [0.15, 0.2) is 5.82 Å². The van der Waals surface area contributed by atoms with Crippen molar-refractivity contribution in [2.75, 3.05) is 37.8 Å². The second-order valence-electron chi connectivity index (χ2n) is 8.78. The van der Waals surface area contributed by atoms with Crippen molar-refractivity contribution in [1.29, 1.82) is 0 Å². The van der Waals surface area contributed by atoms with E-state index >= 15 is 0 Å². The van der Waals surface area contributed by atoms with Gasteiger partial charge in [-0.25, -0.2) is 9.50 Å². The molecule has 1 saturated carbocycles. The number of aromatic nitrogens is 5. The molecule has 6 rings (SSSR count). The highest BCUT2D eigenvalue weighted by Gasteiger charge is 2.41. The largest absolute Gasteiger partial charge is 0.371 e. The lowest BCUT2D eigenvalue weighted by Crippen LogP contribution is -2.46. The van der Waals surface area contributed by atoms with E-state index in [1.54, 1.807) is 6.20 Å². The highest BCUT2D eigenvalue weighted by Crippen LogP contribution is 2.38. The molecule has 2 aliphatic rings. The van der Waals surface area contributed by atoms with E-state index in [9.17, 15) is 0 Å². The molecule has 4 aromatic heterocycles. The van der Waals surface area contributed by atoms with E-state index in [4.69, 9.17) is 15.1 Å². The summed E-state index contributed by atoms with van der Waals surface area (Å²) in [7, 11) is 4.13. The predicted octanol–water partition coefficient (Wildman–Crippen LogP) is 3.13. The van der Waals surface area contributed by atoms with E-state index in [-0.39, 0.29) is 0 Å². The zero-order valence-electron chi connectivity index (χ0n) is 17.8. The molecule has 2 unspecified atom stereocenters. The molecule has 31 heavy (non-hydrogen) atoms. The summed E-state index contributed by atoms with van der Waals surface area (Å²) in [6.45, 7) is 2.29. The van der Waals surface area contributed by atoms with E-state index in [1.807, 2.05) is 42.0 Å². The van der Waals surface area contributed by atoms with Crippen molar-refractivity contribution in [3.8, 4) is 11.3 Å². The van der Waals surface area contributed by atoms with Gasteiger partial charge in [-0.3, -0.25) is 4.98 Å². The van der Waals surface area contributed by atoms with Gasteiger partial charge in [0, 0.05) is 44.1 Å². The number of nitrogens with zero attached hydrogens (tertiary/aromatic N) is 6. The first kappa shape index (κ1) is 18.5. The lowest BCUT2D eigenvalue weighted by atomic mass is 9.93. The topological polar surface area (TPSA) is 83.3 Å². The average Bonchev–Trinajstić information content (AvgIpc) is 3.31. The van der Waals surface area contributed by atoms with Crippen LogP contribution in [0, 0.1) is 11.8 Å². The summed E-state index contributed by atoms with van der Waals surface area (Å²) in [5.74, 6) is 2.81. The molecule has 0 aromatic carbocycles. The fourth-order valence-corrected chi connectivity index (χ4v) is 5.42. The maximum Gasteiger partial charge on any atom is 0.243 e. The molecular weight excluding hydrogens is 388 g/mol. The van der Waals surface area contributed by atoms with E-state index in [2.05, 4.69) is 33.6 Å². The van der Waals surface area contributed by atoms with Crippen LogP contribution in [-0.4, -0.2) is 62.7 Å². The number of rotatable bonds is 4. The number of piperidine rings is 1. The third-order valence-electron chi connectivity index (χ3n) is 6.79. The number of pyridine rings is 2. The summed E-state index contributed by atoms with van der Waals surface area (Å²) in [5, 5.41) is 11.7. The minimum absolute atomic E-state index is 0.447. The Hall–Kier alpha value is -3.26. The summed E-state index contributed by atoms with van der Waals surface area (Å²) in [4.78, 5) is 16.5. The Labute approximate surface area is 180 Å². The van der Waals surface area contributed by atoms with Crippen molar-refractivity contribution in [1.82, 2.24) is 29.5 Å². The smallest absolute Gasteiger partial charge is 0.243 e. The van der Waals surface area contributed by atoms with Gasteiger partial charge in [-0.1, -0.05) is 0 Å². The van der Waals surface area contributed by atoms with E-state index in [1.165, 1.54) is 12.8 Å². The van der Waals surface area contributed by atoms with Crippen LogP contribution in [0.1, 0.15) is 12.8 Å². The molecule has 2 atom stereocenters. The predicted molar refractivity (Wildman–Crippen MR) is 122 cm³/mol. The lowest BCUT2D eigenvalue weighted by Gasteiger charge is -2.36. The van der Waals surface area contributed by atoms with Crippen molar-refractivity contribution in [2.24, 2.45) is 11.8 Å². The second-order valence-corrected chi connectivity index (χ2v) is 8.78. The van der Waals surface area contributed by atoms with Gasteiger partial charge < -0.3 is 15.5 Å². The monoisotopic (exact) mass is 414 g/mol. The van der Waals surface area contributed by atoms with E-state index in [0.717, 1.165) is 46.7 Å². The van der Waals surface area contributed by atoms with Gasteiger partial charge in [-0.15, -0.1) is 5.10 Å². The Morgan fingerprint density at radius 3 is 2.65 bits per heavy atom. The Balaban J connectivity index is 1.38. The fraction of sp³-hybridized carbons (Fsp3) is 0.391. The fourth-order valence-electron chi connectivity index (χ4n) is 5.42. The Bertz CT molecular complexity index is 1250. The van der Waals surface area contributed by atoms with Crippen molar-refractivity contribution in [3.63, 3.8) is 0 Å². The molecule has 5 heterocycles. The molecule has 1 aliphatic carbocycles. The average molecular weight is 415 g/mol. The van der Waals surface area contributed by atoms with E-state index < -0.39 is 0 Å². The van der Waals surface area contributed by atoms with Crippen LogP contribution in [0.3, 0.4) is 0 Å². The van der Waals surface area contributed by atoms with Crippen LogP contribution < -0.4 is 10.6 Å². The molecular formula is C23H26N8. The molecule has 0 amide bonds.